The molecule has 0 N–H and O–H groups in total. The number of ether oxygens (including phenoxy) is 1. The van der Waals surface area contributed by atoms with Crippen LogP contribution in [0.5, 0.6) is 5.88 Å². The van der Waals surface area contributed by atoms with Gasteiger partial charge in [-0.25, -0.2) is 0 Å². The number of nitriles is 1. The molecule has 4 rings (SSSR count). The van der Waals surface area contributed by atoms with Gasteiger partial charge in [-0.3, -0.25) is 14.7 Å². The minimum atomic E-state index is 0.108. The van der Waals surface area contributed by atoms with Crippen molar-refractivity contribution in [3.05, 3.63) is 48.4 Å². The molecule has 0 atom stereocenters. The fourth-order valence-electron chi connectivity index (χ4n) is 3.84. The Bertz CT molecular complexity index is 1080. The van der Waals surface area contributed by atoms with Crippen molar-refractivity contribution in [3.63, 3.8) is 0 Å². The largest absolute Gasteiger partial charge is 0.480 e. The first-order chi connectivity index (χ1) is 14.7. The molecule has 0 amide bonds. The van der Waals surface area contributed by atoms with Crippen LogP contribution in [0.3, 0.4) is 0 Å². The number of rotatable bonds is 7. The number of aromatic nitrogens is 3. The SMILES string of the molecule is COc1cncc(N2CCN(CC(=O)c3cn(CCC#N)c4ccccc34)CC2)n1. The van der Waals surface area contributed by atoms with Crippen molar-refractivity contribution >= 4 is 22.5 Å². The first kappa shape index (κ1) is 19.9. The summed E-state index contributed by atoms with van der Waals surface area (Å²) in [6.45, 7) is 4.07. The van der Waals surface area contributed by atoms with Gasteiger partial charge in [0.2, 0.25) is 5.88 Å². The molecule has 1 aliphatic rings. The highest BCUT2D eigenvalue weighted by Gasteiger charge is 2.22. The minimum absolute atomic E-state index is 0.108. The lowest BCUT2D eigenvalue weighted by Gasteiger charge is -2.34. The summed E-state index contributed by atoms with van der Waals surface area (Å²) in [5.74, 6) is 1.40. The number of Topliss-reactive ketones (excluding diaryl/α,β-unsaturated/α-hetero) is 1. The molecule has 1 aromatic carbocycles. The van der Waals surface area contributed by atoms with E-state index in [9.17, 15) is 4.79 Å². The van der Waals surface area contributed by atoms with Crippen molar-refractivity contribution in [1.82, 2.24) is 19.4 Å². The Hall–Kier alpha value is -3.44. The average Bonchev–Trinajstić information content (AvgIpc) is 3.17. The molecule has 1 fully saturated rings. The molecule has 8 nitrogen and oxygen atoms in total. The van der Waals surface area contributed by atoms with E-state index in [0.29, 0.717) is 25.4 Å². The van der Waals surface area contributed by atoms with Crippen LogP contribution in [0.2, 0.25) is 0 Å². The van der Waals surface area contributed by atoms with Crippen LogP contribution in [0.25, 0.3) is 10.9 Å². The van der Waals surface area contributed by atoms with E-state index >= 15 is 0 Å². The van der Waals surface area contributed by atoms with Crippen molar-refractivity contribution in [2.75, 3.05) is 44.7 Å². The van der Waals surface area contributed by atoms with Crippen molar-refractivity contribution in [3.8, 4) is 11.9 Å². The molecule has 154 valence electrons. The van der Waals surface area contributed by atoms with Gasteiger partial charge in [-0.2, -0.15) is 10.2 Å². The normalized spacial score (nSPS) is 14.6. The van der Waals surface area contributed by atoms with Crippen LogP contribution in [-0.4, -0.2) is 65.1 Å². The van der Waals surface area contributed by atoms with E-state index in [1.165, 1.54) is 0 Å². The van der Waals surface area contributed by atoms with Crippen LogP contribution in [0.15, 0.2) is 42.9 Å². The highest BCUT2D eigenvalue weighted by molar-refractivity contribution is 6.09. The number of methoxy groups -OCH3 is 1. The van der Waals surface area contributed by atoms with Crippen molar-refractivity contribution in [2.45, 2.75) is 13.0 Å². The Balaban J connectivity index is 1.42. The molecule has 3 aromatic rings. The predicted octanol–water partition coefficient (Wildman–Crippen LogP) is 2.36. The van der Waals surface area contributed by atoms with Crippen LogP contribution >= 0.6 is 0 Å². The second-order valence-corrected chi connectivity index (χ2v) is 7.27. The second-order valence-electron chi connectivity index (χ2n) is 7.27. The zero-order chi connectivity index (χ0) is 20.9. The van der Waals surface area contributed by atoms with Gasteiger partial charge in [0.15, 0.2) is 11.6 Å². The lowest BCUT2D eigenvalue weighted by atomic mass is 10.1. The second kappa shape index (κ2) is 8.93. The molecule has 0 radical (unpaired) electrons. The number of ketones is 1. The third-order valence-corrected chi connectivity index (χ3v) is 5.43. The van der Waals surface area contributed by atoms with Crippen LogP contribution < -0.4 is 9.64 Å². The minimum Gasteiger partial charge on any atom is -0.480 e. The topological polar surface area (TPSA) is 87.3 Å². The van der Waals surface area contributed by atoms with E-state index in [1.54, 1.807) is 19.5 Å². The van der Waals surface area contributed by atoms with Crippen molar-refractivity contribution in [1.29, 1.82) is 5.26 Å². The lowest BCUT2D eigenvalue weighted by Crippen LogP contribution is -2.48. The summed E-state index contributed by atoms with van der Waals surface area (Å²) in [5.41, 5.74) is 1.72. The molecule has 0 bridgehead atoms. The summed E-state index contributed by atoms with van der Waals surface area (Å²) < 4.78 is 7.16. The number of benzene rings is 1. The summed E-state index contributed by atoms with van der Waals surface area (Å²) in [5, 5.41) is 9.86. The molecular weight excluding hydrogens is 380 g/mol. The van der Waals surface area contributed by atoms with E-state index < -0.39 is 0 Å². The van der Waals surface area contributed by atoms with Gasteiger partial charge in [0.1, 0.15) is 0 Å². The van der Waals surface area contributed by atoms with Gasteiger partial charge in [-0.1, -0.05) is 18.2 Å². The highest BCUT2D eigenvalue weighted by atomic mass is 16.5. The Morgan fingerprint density at radius 2 is 2.00 bits per heavy atom. The van der Waals surface area contributed by atoms with Crippen molar-refractivity contribution in [2.24, 2.45) is 0 Å². The number of fused-ring (bicyclic) bond motifs is 1. The molecule has 1 aliphatic heterocycles. The Morgan fingerprint density at radius 3 is 2.77 bits per heavy atom. The fraction of sp³-hybridized carbons (Fsp3) is 0.364. The number of carbonyl (C=O) groups excluding carboxylic acids is 1. The molecule has 0 spiro atoms. The number of hydrogen-bond acceptors (Lipinski definition) is 7. The summed E-state index contributed by atoms with van der Waals surface area (Å²) in [6.07, 6.45) is 5.64. The summed E-state index contributed by atoms with van der Waals surface area (Å²) in [7, 11) is 1.58. The number of para-hydroxylation sites is 1. The average molecular weight is 404 g/mol. The van der Waals surface area contributed by atoms with Gasteiger partial charge >= 0.3 is 0 Å². The number of anilines is 1. The van der Waals surface area contributed by atoms with Gasteiger partial charge in [0, 0.05) is 55.4 Å². The van der Waals surface area contributed by atoms with E-state index in [4.69, 9.17) is 10.00 Å². The quantitative estimate of drug-likeness (QED) is 0.559. The van der Waals surface area contributed by atoms with Gasteiger partial charge in [-0.15, -0.1) is 0 Å². The van der Waals surface area contributed by atoms with Crippen molar-refractivity contribution < 1.29 is 9.53 Å². The lowest BCUT2D eigenvalue weighted by molar-refractivity contribution is 0.0927. The Morgan fingerprint density at radius 1 is 1.20 bits per heavy atom. The van der Waals surface area contributed by atoms with E-state index in [2.05, 4.69) is 25.8 Å². The molecule has 1 saturated heterocycles. The third kappa shape index (κ3) is 4.11. The number of carbonyl (C=O) groups is 1. The van der Waals surface area contributed by atoms with Crippen LogP contribution in [0.1, 0.15) is 16.8 Å². The molecule has 3 heterocycles. The Labute approximate surface area is 175 Å². The maximum absolute atomic E-state index is 13.1. The predicted molar refractivity (Wildman–Crippen MR) is 114 cm³/mol. The monoisotopic (exact) mass is 404 g/mol. The maximum Gasteiger partial charge on any atom is 0.233 e. The van der Waals surface area contributed by atoms with E-state index in [0.717, 1.165) is 48.5 Å². The van der Waals surface area contributed by atoms with Crippen LogP contribution in [0.4, 0.5) is 5.82 Å². The molecule has 30 heavy (non-hydrogen) atoms. The number of nitrogens with zero attached hydrogens (tertiary/aromatic N) is 6. The number of aryl methyl sites for hydroxylation is 1. The summed E-state index contributed by atoms with van der Waals surface area (Å²) in [6, 6.07) is 10.1. The number of hydrogen-bond donors (Lipinski definition) is 0. The first-order valence-corrected chi connectivity index (χ1v) is 10.0. The molecule has 8 heteroatoms. The Kier molecular flexibility index (Phi) is 5.91. The molecule has 2 aromatic heterocycles. The fourth-order valence-corrected chi connectivity index (χ4v) is 3.84. The summed E-state index contributed by atoms with van der Waals surface area (Å²) in [4.78, 5) is 26.0. The first-order valence-electron chi connectivity index (χ1n) is 10.0. The molecule has 0 unspecified atom stereocenters. The zero-order valence-corrected chi connectivity index (χ0v) is 17.0. The van der Waals surface area contributed by atoms with E-state index in [-0.39, 0.29) is 5.78 Å². The van der Waals surface area contributed by atoms with Gasteiger partial charge < -0.3 is 14.2 Å². The van der Waals surface area contributed by atoms with Crippen LogP contribution in [-0.2, 0) is 6.54 Å². The van der Waals surface area contributed by atoms with Crippen LogP contribution in [0, 0.1) is 11.3 Å². The zero-order valence-electron chi connectivity index (χ0n) is 17.0. The number of piperazine rings is 1. The molecule has 0 saturated carbocycles. The van der Waals surface area contributed by atoms with Gasteiger partial charge in [0.25, 0.3) is 0 Å². The van der Waals surface area contributed by atoms with Gasteiger partial charge in [-0.05, 0) is 6.07 Å². The molecule has 0 aliphatic carbocycles. The third-order valence-electron chi connectivity index (χ3n) is 5.43. The highest BCUT2D eigenvalue weighted by Crippen LogP contribution is 2.23. The van der Waals surface area contributed by atoms with E-state index in [1.807, 2.05) is 35.0 Å². The van der Waals surface area contributed by atoms with Gasteiger partial charge in [0.05, 0.1) is 38.5 Å². The smallest absolute Gasteiger partial charge is 0.233 e. The summed E-state index contributed by atoms with van der Waals surface area (Å²) >= 11 is 0. The standard InChI is InChI=1S/C22H24N6O2/c1-30-22-14-24-13-21(25-22)27-11-9-26(10-12-27)16-20(29)18-15-28(8-4-7-23)19-6-3-2-5-17(18)19/h2-3,5-6,13-15H,4,8-12,16H2,1H3. The maximum atomic E-state index is 13.1. The molecular formula is C22H24N6O2.